The number of hydrogen-bond acceptors (Lipinski definition) is 3. The quantitative estimate of drug-likeness (QED) is 0.925. The molecule has 1 aliphatic heterocycles. The van der Waals surface area contributed by atoms with Crippen LogP contribution in [0.15, 0.2) is 47.4 Å². The van der Waals surface area contributed by atoms with Crippen LogP contribution >= 0.6 is 0 Å². The van der Waals surface area contributed by atoms with Crippen molar-refractivity contribution in [3.8, 4) is 0 Å². The molecule has 1 heterocycles. The Hall–Kier alpha value is -1.43. The van der Waals surface area contributed by atoms with Gasteiger partial charge in [0.05, 0.1) is 4.90 Å². The third kappa shape index (κ3) is 2.57. The largest absolute Gasteiger partial charge is 0.311 e. The summed E-state index contributed by atoms with van der Waals surface area (Å²) < 4.78 is 27.4. The zero-order valence-corrected chi connectivity index (χ0v) is 13.1. The van der Waals surface area contributed by atoms with Gasteiger partial charge >= 0.3 is 0 Å². The minimum Gasteiger partial charge on any atom is -0.311 e. The third-order valence-corrected chi connectivity index (χ3v) is 6.29. The van der Waals surface area contributed by atoms with Gasteiger partial charge in [-0.3, -0.25) is 0 Å². The van der Waals surface area contributed by atoms with Crippen molar-refractivity contribution in [1.82, 2.24) is 9.62 Å². The standard InChI is InChI=1S/C16H20N2O2S/c1-12-13(2)18(10-9-17-12)21(19,20)16-8-7-14-5-3-4-6-15(14)11-16/h3-8,11-13,17H,9-10H2,1-2H3. The van der Waals surface area contributed by atoms with E-state index in [4.69, 9.17) is 0 Å². The maximum atomic E-state index is 12.9. The van der Waals surface area contributed by atoms with Gasteiger partial charge in [-0.1, -0.05) is 30.3 Å². The normalized spacial score (nSPS) is 24.3. The Kier molecular flexibility index (Phi) is 3.73. The van der Waals surface area contributed by atoms with Crippen LogP contribution in [0.25, 0.3) is 10.8 Å². The van der Waals surface area contributed by atoms with E-state index in [2.05, 4.69) is 5.32 Å². The summed E-state index contributed by atoms with van der Waals surface area (Å²) in [6, 6.07) is 13.3. The highest BCUT2D eigenvalue weighted by molar-refractivity contribution is 7.89. The predicted molar refractivity (Wildman–Crippen MR) is 84.8 cm³/mol. The molecule has 2 unspecified atom stereocenters. The number of benzene rings is 2. The van der Waals surface area contributed by atoms with Crippen LogP contribution in [0.5, 0.6) is 0 Å². The first-order valence-corrected chi connectivity index (χ1v) is 8.68. The molecule has 21 heavy (non-hydrogen) atoms. The summed E-state index contributed by atoms with van der Waals surface area (Å²) in [6.45, 7) is 5.18. The predicted octanol–water partition coefficient (Wildman–Crippen LogP) is 2.21. The average Bonchev–Trinajstić information content (AvgIpc) is 2.49. The third-order valence-electron chi connectivity index (χ3n) is 4.30. The van der Waals surface area contributed by atoms with E-state index in [0.717, 1.165) is 10.8 Å². The van der Waals surface area contributed by atoms with E-state index in [1.807, 2.05) is 44.2 Å². The molecular weight excluding hydrogens is 284 g/mol. The van der Waals surface area contributed by atoms with Crippen molar-refractivity contribution in [3.05, 3.63) is 42.5 Å². The number of fused-ring (bicyclic) bond motifs is 1. The van der Waals surface area contributed by atoms with Crippen molar-refractivity contribution in [3.63, 3.8) is 0 Å². The lowest BCUT2D eigenvalue weighted by atomic mass is 10.1. The number of sulfonamides is 1. The van der Waals surface area contributed by atoms with Crippen molar-refractivity contribution >= 4 is 20.8 Å². The second-order valence-corrected chi connectivity index (χ2v) is 7.50. The van der Waals surface area contributed by atoms with Crippen LogP contribution in [0, 0.1) is 0 Å². The smallest absolute Gasteiger partial charge is 0.243 e. The lowest BCUT2D eigenvalue weighted by molar-refractivity contribution is 0.233. The van der Waals surface area contributed by atoms with Crippen molar-refractivity contribution in [1.29, 1.82) is 0 Å². The molecule has 0 amide bonds. The first-order chi connectivity index (χ1) is 10.00. The molecule has 2 aromatic rings. The molecule has 0 saturated carbocycles. The Morgan fingerprint density at radius 3 is 2.57 bits per heavy atom. The van der Waals surface area contributed by atoms with Crippen LogP contribution in [0.1, 0.15) is 13.8 Å². The molecule has 3 rings (SSSR count). The molecule has 1 fully saturated rings. The van der Waals surface area contributed by atoms with Crippen LogP contribution < -0.4 is 5.32 Å². The van der Waals surface area contributed by atoms with E-state index in [1.165, 1.54) is 0 Å². The fourth-order valence-electron chi connectivity index (χ4n) is 2.83. The molecule has 1 saturated heterocycles. The average molecular weight is 304 g/mol. The molecular formula is C16H20N2O2S. The van der Waals surface area contributed by atoms with Gasteiger partial charge in [0.15, 0.2) is 0 Å². The fraction of sp³-hybridized carbons (Fsp3) is 0.375. The highest BCUT2D eigenvalue weighted by Gasteiger charge is 2.34. The molecule has 0 aromatic heterocycles. The second-order valence-electron chi connectivity index (χ2n) is 5.61. The highest BCUT2D eigenvalue weighted by Crippen LogP contribution is 2.24. The lowest BCUT2D eigenvalue weighted by Crippen LogP contribution is -2.57. The minimum atomic E-state index is -3.44. The summed E-state index contributed by atoms with van der Waals surface area (Å²) in [5, 5.41) is 5.32. The van der Waals surface area contributed by atoms with Crippen molar-refractivity contribution in [2.75, 3.05) is 13.1 Å². The van der Waals surface area contributed by atoms with Gasteiger partial charge in [0.1, 0.15) is 0 Å². The van der Waals surface area contributed by atoms with Gasteiger partial charge in [0.2, 0.25) is 10.0 Å². The fourth-order valence-corrected chi connectivity index (χ4v) is 4.57. The van der Waals surface area contributed by atoms with Crippen LogP contribution in [0.4, 0.5) is 0 Å². The summed E-state index contributed by atoms with van der Waals surface area (Å²) in [7, 11) is -3.44. The van der Waals surface area contributed by atoms with Gasteiger partial charge in [-0.15, -0.1) is 0 Å². The van der Waals surface area contributed by atoms with E-state index >= 15 is 0 Å². The molecule has 1 N–H and O–H groups in total. The molecule has 0 radical (unpaired) electrons. The summed E-state index contributed by atoms with van der Waals surface area (Å²) in [5.41, 5.74) is 0. The van der Waals surface area contributed by atoms with Gasteiger partial charge < -0.3 is 5.32 Å². The molecule has 0 aliphatic carbocycles. The topological polar surface area (TPSA) is 49.4 Å². The molecule has 2 atom stereocenters. The Bertz CT molecular complexity index is 758. The number of nitrogens with one attached hydrogen (secondary N) is 1. The Balaban J connectivity index is 2.03. The number of hydrogen-bond donors (Lipinski definition) is 1. The minimum absolute atomic E-state index is 0.0461. The van der Waals surface area contributed by atoms with Gasteiger partial charge in [-0.25, -0.2) is 8.42 Å². The first-order valence-electron chi connectivity index (χ1n) is 7.24. The van der Waals surface area contributed by atoms with Crippen LogP contribution in [0.3, 0.4) is 0 Å². The van der Waals surface area contributed by atoms with Crippen LogP contribution in [-0.2, 0) is 10.0 Å². The van der Waals surface area contributed by atoms with Gasteiger partial charge in [-0.05, 0) is 36.8 Å². The van der Waals surface area contributed by atoms with Gasteiger partial charge in [0, 0.05) is 25.2 Å². The molecule has 0 spiro atoms. The maximum Gasteiger partial charge on any atom is 0.243 e. The van der Waals surface area contributed by atoms with Crippen molar-refractivity contribution < 1.29 is 8.42 Å². The molecule has 0 bridgehead atoms. The summed E-state index contributed by atoms with van der Waals surface area (Å²) >= 11 is 0. The Morgan fingerprint density at radius 2 is 1.81 bits per heavy atom. The Labute approximate surface area is 125 Å². The molecule has 112 valence electrons. The zero-order chi connectivity index (χ0) is 15.0. The molecule has 2 aromatic carbocycles. The van der Waals surface area contributed by atoms with E-state index in [-0.39, 0.29) is 12.1 Å². The second kappa shape index (κ2) is 5.40. The van der Waals surface area contributed by atoms with E-state index in [1.54, 1.807) is 16.4 Å². The molecule has 1 aliphatic rings. The van der Waals surface area contributed by atoms with E-state index < -0.39 is 10.0 Å². The monoisotopic (exact) mass is 304 g/mol. The van der Waals surface area contributed by atoms with E-state index in [9.17, 15) is 8.42 Å². The van der Waals surface area contributed by atoms with Crippen LogP contribution in [0.2, 0.25) is 0 Å². The van der Waals surface area contributed by atoms with E-state index in [0.29, 0.717) is 18.0 Å². The van der Waals surface area contributed by atoms with Crippen molar-refractivity contribution in [2.24, 2.45) is 0 Å². The SMILES string of the molecule is CC1NCCN(S(=O)(=O)c2ccc3ccccc3c2)C1C. The molecule has 5 heteroatoms. The summed E-state index contributed by atoms with van der Waals surface area (Å²) in [5.74, 6) is 0. The zero-order valence-electron chi connectivity index (χ0n) is 12.3. The molecule has 4 nitrogen and oxygen atoms in total. The maximum absolute atomic E-state index is 12.9. The number of nitrogens with zero attached hydrogens (tertiary/aromatic N) is 1. The van der Waals surface area contributed by atoms with Gasteiger partial charge in [0.25, 0.3) is 0 Å². The lowest BCUT2D eigenvalue weighted by Gasteiger charge is -2.37. The summed E-state index contributed by atoms with van der Waals surface area (Å²) in [4.78, 5) is 0.377. The van der Waals surface area contributed by atoms with Crippen molar-refractivity contribution in [2.45, 2.75) is 30.8 Å². The highest BCUT2D eigenvalue weighted by atomic mass is 32.2. The first kappa shape index (κ1) is 14.5. The van der Waals surface area contributed by atoms with Crippen LogP contribution in [-0.4, -0.2) is 37.9 Å². The number of piperazine rings is 1. The van der Waals surface area contributed by atoms with Gasteiger partial charge in [-0.2, -0.15) is 4.31 Å². The Morgan fingerprint density at radius 1 is 1.10 bits per heavy atom. The number of rotatable bonds is 2. The summed E-state index contributed by atoms with van der Waals surface area (Å²) in [6.07, 6.45) is 0.